The molecule has 0 saturated heterocycles. The van der Waals surface area contributed by atoms with Gasteiger partial charge in [0, 0.05) is 13.5 Å². The number of benzene rings is 2. The monoisotopic (exact) mass is 346 g/mol. The molecule has 0 fully saturated rings. The Morgan fingerprint density at radius 1 is 1.19 bits per heavy atom. The zero-order valence-electron chi connectivity index (χ0n) is 12.1. The van der Waals surface area contributed by atoms with E-state index in [2.05, 4.69) is 52.3 Å². The SMILES string of the molecule is COCCc1ccc(C(Br)C2Cc3ccccc3O2)cc1. The molecule has 21 heavy (non-hydrogen) atoms. The lowest BCUT2D eigenvalue weighted by atomic mass is 10.0. The van der Waals surface area contributed by atoms with Gasteiger partial charge in [0.25, 0.3) is 0 Å². The average molecular weight is 347 g/mol. The lowest BCUT2D eigenvalue weighted by Gasteiger charge is -2.18. The van der Waals surface area contributed by atoms with Gasteiger partial charge in [-0.2, -0.15) is 0 Å². The highest BCUT2D eigenvalue weighted by Gasteiger charge is 2.29. The van der Waals surface area contributed by atoms with Crippen LogP contribution in [-0.2, 0) is 17.6 Å². The molecule has 0 amide bonds. The van der Waals surface area contributed by atoms with Crippen LogP contribution in [0.3, 0.4) is 0 Å². The van der Waals surface area contributed by atoms with Crippen molar-refractivity contribution in [3.63, 3.8) is 0 Å². The first-order valence-corrected chi connectivity index (χ1v) is 8.16. The lowest BCUT2D eigenvalue weighted by molar-refractivity contribution is 0.202. The average Bonchev–Trinajstić information content (AvgIpc) is 2.96. The number of methoxy groups -OCH3 is 1. The number of hydrogen-bond donors (Lipinski definition) is 0. The molecular weight excluding hydrogens is 328 g/mol. The Hall–Kier alpha value is -1.32. The second-order valence-electron chi connectivity index (χ2n) is 5.35. The van der Waals surface area contributed by atoms with Gasteiger partial charge >= 0.3 is 0 Å². The van der Waals surface area contributed by atoms with Crippen molar-refractivity contribution in [1.82, 2.24) is 0 Å². The molecular formula is C18H19BrO2. The van der Waals surface area contributed by atoms with E-state index in [4.69, 9.17) is 9.47 Å². The van der Waals surface area contributed by atoms with Crippen LogP contribution in [0.15, 0.2) is 48.5 Å². The van der Waals surface area contributed by atoms with Crippen molar-refractivity contribution >= 4 is 15.9 Å². The Morgan fingerprint density at radius 3 is 2.67 bits per heavy atom. The molecule has 1 heterocycles. The summed E-state index contributed by atoms with van der Waals surface area (Å²) in [7, 11) is 1.73. The van der Waals surface area contributed by atoms with Crippen molar-refractivity contribution in [2.75, 3.05) is 13.7 Å². The van der Waals surface area contributed by atoms with Crippen LogP contribution >= 0.6 is 15.9 Å². The first-order chi connectivity index (χ1) is 10.3. The van der Waals surface area contributed by atoms with Crippen molar-refractivity contribution in [2.45, 2.75) is 23.8 Å². The van der Waals surface area contributed by atoms with E-state index < -0.39 is 0 Å². The quantitative estimate of drug-likeness (QED) is 0.750. The molecule has 110 valence electrons. The number of halogens is 1. The van der Waals surface area contributed by atoms with Gasteiger partial charge in [-0.1, -0.05) is 58.4 Å². The summed E-state index contributed by atoms with van der Waals surface area (Å²) in [5.41, 5.74) is 3.86. The summed E-state index contributed by atoms with van der Waals surface area (Å²) in [5, 5.41) is 0. The van der Waals surface area contributed by atoms with E-state index in [9.17, 15) is 0 Å². The Kier molecular flexibility index (Phi) is 4.61. The molecule has 0 aromatic heterocycles. The maximum Gasteiger partial charge on any atom is 0.123 e. The molecule has 0 aliphatic carbocycles. The second-order valence-corrected chi connectivity index (χ2v) is 6.34. The Bertz CT molecular complexity index is 569. The minimum atomic E-state index is 0.159. The van der Waals surface area contributed by atoms with E-state index >= 15 is 0 Å². The molecule has 2 unspecified atom stereocenters. The fourth-order valence-corrected chi connectivity index (χ4v) is 3.27. The summed E-state index contributed by atoms with van der Waals surface area (Å²) in [6.07, 6.45) is 2.07. The standard InChI is InChI=1S/C18H19BrO2/c1-20-11-10-13-6-8-14(9-7-13)18(19)17-12-15-4-2-3-5-16(15)21-17/h2-9,17-18H,10-12H2,1H3. The number of ether oxygens (including phenoxy) is 2. The number of alkyl halides is 1. The molecule has 2 nitrogen and oxygen atoms in total. The van der Waals surface area contributed by atoms with E-state index in [1.807, 2.05) is 12.1 Å². The van der Waals surface area contributed by atoms with E-state index in [0.29, 0.717) is 0 Å². The summed E-state index contributed by atoms with van der Waals surface area (Å²) in [5.74, 6) is 1.02. The molecule has 3 rings (SSSR count). The maximum absolute atomic E-state index is 6.05. The molecule has 2 aromatic rings. The van der Waals surface area contributed by atoms with E-state index in [1.54, 1.807) is 7.11 Å². The minimum Gasteiger partial charge on any atom is -0.488 e. The summed E-state index contributed by atoms with van der Waals surface area (Å²) in [6, 6.07) is 17.0. The molecule has 2 atom stereocenters. The van der Waals surface area contributed by atoms with Gasteiger partial charge in [0.05, 0.1) is 11.4 Å². The Morgan fingerprint density at radius 2 is 1.95 bits per heavy atom. The largest absolute Gasteiger partial charge is 0.488 e. The molecule has 0 bridgehead atoms. The fraction of sp³-hybridized carbons (Fsp3) is 0.333. The molecule has 0 radical (unpaired) electrons. The third kappa shape index (κ3) is 3.30. The lowest BCUT2D eigenvalue weighted by Crippen LogP contribution is -2.19. The highest BCUT2D eigenvalue weighted by Crippen LogP contribution is 2.38. The fourth-order valence-electron chi connectivity index (χ4n) is 2.67. The van der Waals surface area contributed by atoms with Gasteiger partial charge in [-0.05, 0) is 29.2 Å². The number of para-hydroxylation sites is 1. The highest BCUT2D eigenvalue weighted by molar-refractivity contribution is 9.09. The molecule has 1 aliphatic heterocycles. The van der Waals surface area contributed by atoms with Gasteiger partial charge in [0.2, 0.25) is 0 Å². The smallest absolute Gasteiger partial charge is 0.123 e. The summed E-state index contributed by atoms with van der Waals surface area (Å²) < 4.78 is 11.2. The molecule has 2 aromatic carbocycles. The summed E-state index contributed by atoms with van der Waals surface area (Å²) in [6.45, 7) is 0.762. The normalized spacial score (nSPS) is 18.1. The zero-order chi connectivity index (χ0) is 14.7. The molecule has 1 aliphatic rings. The number of hydrogen-bond acceptors (Lipinski definition) is 2. The van der Waals surface area contributed by atoms with Gasteiger partial charge in [-0.25, -0.2) is 0 Å². The van der Waals surface area contributed by atoms with Gasteiger partial charge < -0.3 is 9.47 Å². The van der Waals surface area contributed by atoms with Crippen molar-refractivity contribution < 1.29 is 9.47 Å². The first-order valence-electron chi connectivity index (χ1n) is 7.24. The Labute approximate surface area is 134 Å². The number of rotatable bonds is 5. The van der Waals surface area contributed by atoms with Crippen LogP contribution in [0.5, 0.6) is 5.75 Å². The van der Waals surface area contributed by atoms with Crippen molar-refractivity contribution in [3.05, 3.63) is 65.2 Å². The predicted octanol–water partition coefficient (Wildman–Crippen LogP) is 4.32. The van der Waals surface area contributed by atoms with E-state index in [1.165, 1.54) is 16.7 Å². The van der Waals surface area contributed by atoms with Crippen LogP contribution < -0.4 is 4.74 Å². The van der Waals surface area contributed by atoms with E-state index in [0.717, 1.165) is 25.2 Å². The van der Waals surface area contributed by atoms with Crippen LogP contribution in [0.2, 0.25) is 0 Å². The summed E-state index contributed by atoms with van der Waals surface area (Å²) in [4.78, 5) is 0.210. The van der Waals surface area contributed by atoms with Gasteiger partial charge in [0.1, 0.15) is 11.9 Å². The highest BCUT2D eigenvalue weighted by atomic mass is 79.9. The first kappa shape index (κ1) is 14.6. The van der Waals surface area contributed by atoms with Crippen LogP contribution in [0, 0.1) is 0 Å². The van der Waals surface area contributed by atoms with Crippen molar-refractivity contribution in [3.8, 4) is 5.75 Å². The molecule has 3 heteroatoms. The van der Waals surface area contributed by atoms with E-state index in [-0.39, 0.29) is 10.9 Å². The summed E-state index contributed by atoms with van der Waals surface area (Å²) >= 11 is 3.80. The van der Waals surface area contributed by atoms with Gasteiger partial charge in [-0.3, -0.25) is 0 Å². The molecule has 0 saturated carbocycles. The van der Waals surface area contributed by atoms with Crippen LogP contribution in [0.25, 0.3) is 0 Å². The van der Waals surface area contributed by atoms with Crippen LogP contribution in [0.4, 0.5) is 0 Å². The third-order valence-corrected chi connectivity index (χ3v) is 5.01. The Balaban J connectivity index is 1.67. The van der Waals surface area contributed by atoms with Crippen LogP contribution in [-0.4, -0.2) is 19.8 Å². The topological polar surface area (TPSA) is 18.5 Å². The number of fused-ring (bicyclic) bond motifs is 1. The van der Waals surface area contributed by atoms with Gasteiger partial charge in [-0.15, -0.1) is 0 Å². The van der Waals surface area contributed by atoms with Gasteiger partial charge in [0.15, 0.2) is 0 Å². The van der Waals surface area contributed by atoms with Crippen molar-refractivity contribution in [1.29, 1.82) is 0 Å². The minimum absolute atomic E-state index is 0.159. The predicted molar refractivity (Wildman–Crippen MR) is 88.3 cm³/mol. The second kappa shape index (κ2) is 6.63. The van der Waals surface area contributed by atoms with Crippen molar-refractivity contribution in [2.24, 2.45) is 0 Å². The molecule has 0 N–H and O–H groups in total. The third-order valence-electron chi connectivity index (χ3n) is 3.89. The van der Waals surface area contributed by atoms with Crippen LogP contribution in [0.1, 0.15) is 21.5 Å². The zero-order valence-corrected chi connectivity index (χ0v) is 13.7. The maximum atomic E-state index is 6.05. The molecule has 0 spiro atoms.